The van der Waals surface area contributed by atoms with Crippen LogP contribution in [0, 0.1) is 34.5 Å². The third-order valence-corrected chi connectivity index (χ3v) is 8.71. The Morgan fingerprint density at radius 2 is 2.04 bits per heavy atom. The highest BCUT2D eigenvalue weighted by Gasteiger charge is 2.58. The fourth-order valence-electron chi connectivity index (χ4n) is 7.45. The van der Waals surface area contributed by atoms with Crippen LogP contribution in [0.15, 0.2) is 35.5 Å². The first-order valence-electron chi connectivity index (χ1n) is 10.6. The Labute approximate surface area is 154 Å². The van der Waals surface area contributed by atoms with Crippen LogP contribution < -0.4 is 0 Å². The van der Waals surface area contributed by atoms with Crippen LogP contribution in [0.25, 0.3) is 0 Å². The number of allylic oxidation sites excluding steroid dienone is 4. The van der Waals surface area contributed by atoms with Crippen LogP contribution in [0.3, 0.4) is 0 Å². The van der Waals surface area contributed by atoms with Gasteiger partial charge in [-0.3, -0.25) is 0 Å². The molecule has 0 aromatic rings. The van der Waals surface area contributed by atoms with E-state index in [1.165, 1.54) is 44.1 Å². The highest BCUT2D eigenvalue weighted by atomic mass is 16.3. The molecule has 1 N–H and O–H groups in total. The van der Waals surface area contributed by atoms with Crippen LogP contribution in [0.2, 0.25) is 0 Å². The topological polar surface area (TPSA) is 20.2 Å². The van der Waals surface area contributed by atoms with Gasteiger partial charge in [-0.05, 0) is 81.0 Å². The van der Waals surface area contributed by atoms with Gasteiger partial charge < -0.3 is 5.11 Å². The lowest BCUT2D eigenvalue weighted by molar-refractivity contribution is -0.0187. The standard InChI is InChI=1S/C24H36O/c1-5-6-16(2)20-9-10-21-19-8-7-17-15-18(25)11-13-23(17,3)22(19)12-14-24(20,21)4/h6-7,11,13,18-22,25H,5,8-10,12,14-15H2,1-4H3/t18-,19-,20+,21-,22-,23-,24+/m0/s1. The second kappa shape index (κ2) is 6.12. The summed E-state index contributed by atoms with van der Waals surface area (Å²) in [6, 6.07) is 0. The van der Waals surface area contributed by atoms with Gasteiger partial charge in [0, 0.05) is 5.41 Å². The normalized spacial score (nSPS) is 49.2. The molecule has 0 saturated heterocycles. The first-order chi connectivity index (χ1) is 11.9. The van der Waals surface area contributed by atoms with Gasteiger partial charge in [0.1, 0.15) is 0 Å². The van der Waals surface area contributed by atoms with Gasteiger partial charge in [0.25, 0.3) is 0 Å². The molecule has 2 saturated carbocycles. The zero-order chi connectivity index (χ0) is 17.8. The van der Waals surface area contributed by atoms with E-state index in [1.807, 2.05) is 0 Å². The van der Waals surface area contributed by atoms with Crippen molar-refractivity contribution >= 4 is 0 Å². The number of hydrogen-bond acceptors (Lipinski definition) is 1. The van der Waals surface area contributed by atoms with E-state index in [-0.39, 0.29) is 11.5 Å². The Hall–Kier alpha value is -0.820. The van der Waals surface area contributed by atoms with Crippen molar-refractivity contribution in [2.45, 2.75) is 78.7 Å². The summed E-state index contributed by atoms with van der Waals surface area (Å²) in [7, 11) is 0. The summed E-state index contributed by atoms with van der Waals surface area (Å²) >= 11 is 0. The predicted octanol–water partition coefficient (Wildman–Crippen LogP) is 6.06. The van der Waals surface area contributed by atoms with Crippen LogP contribution >= 0.6 is 0 Å². The van der Waals surface area contributed by atoms with Gasteiger partial charge in [-0.2, -0.15) is 0 Å². The predicted molar refractivity (Wildman–Crippen MR) is 105 cm³/mol. The number of rotatable bonds is 2. The Morgan fingerprint density at radius 1 is 1.24 bits per heavy atom. The summed E-state index contributed by atoms with van der Waals surface area (Å²) in [4.78, 5) is 0. The third kappa shape index (κ3) is 2.52. The second-order valence-corrected chi connectivity index (χ2v) is 9.79. The Morgan fingerprint density at radius 3 is 2.80 bits per heavy atom. The smallest absolute Gasteiger partial charge is 0.0758 e. The first-order valence-corrected chi connectivity index (χ1v) is 10.6. The molecule has 0 amide bonds. The molecule has 1 nitrogen and oxygen atoms in total. The van der Waals surface area contributed by atoms with Crippen molar-refractivity contribution in [3.63, 3.8) is 0 Å². The zero-order valence-electron chi connectivity index (χ0n) is 16.6. The Kier molecular flexibility index (Phi) is 4.30. The molecule has 4 aliphatic carbocycles. The fraction of sp³-hybridized carbons (Fsp3) is 0.750. The van der Waals surface area contributed by atoms with Gasteiger partial charge in [0.2, 0.25) is 0 Å². The third-order valence-electron chi connectivity index (χ3n) is 8.71. The molecule has 1 heteroatoms. The van der Waals surface area contributed by atoms with Crippen molar-refractivity contribution in [2.24, 2.45) is 34.5 Å². The molecule has 0 bridgehead atoms. The lowest BCUT2D eigenvalue weighted by Crippen LogP contribution is -2.49. The van der Waals surface area contributed by atoms with E-state index in [0.717, 1.165) is 30.1 Å². The quantitative estimate of drug-likeness (QED) is 0.606. The largest absolute Gasteiger partial charge is 0.389 e. The maximum absolute atomic E-state index is 10.1. The van der Waals surface area contributed by atoms with Crippen molar-refractivity contribution in [1.82, 2.24) is 0 Å². The summed E-state index contributed by atoms with van der Waals surface area (Å²) in [5.41, 5.74) is 3.89. The van der Waals surface area contributed by atoms with Gasteiger partial charge in [-0.1, -0.05) is 56.2 Å². The van der Waals surface area contributed by atoms with E-state index in [0.29, 0.717) is 5.41 Å². The molecule has 2 fully saturated rings. The lowest BCUT2D eigenvalue weighted by Gasteiger charge is -2.56. The summed E-state index contributed by atoms with van der Waals surface area (Å²) in [6.07, 6.45) is 18.0. The zero-order valence-corrected chi connectivity index (χ0v) is 16.6. The second-order valence-electron chi connectivity index (χ2n) is 9.79. The summed E-state index contributed by atoms with van der Waals surface area (Å²) in [5.74, 6) is 3.31. The molecule has 4 rings (SSSR count). The number of hydrogen-bond donors (Lipinski definition) is 1. The van der Waals surface area contributed by atoms with Crippen molar-refractivity contribution < 1.29 is 5.11 Å². The van der Waals surface area contributed by atoms with Gasteiger partial charge in [0.05, 0.1) is 6.10 Å². The Bertz CT molecular complexity index is 626. The van der Waals surface area contributed by atoms with E-state index in [2.05, 4.69) is 52.0 Å². The first kappa shape index (κ1) is 17.6. The fourth-order valence-corrected chi connectivity index (χ4v) is 7.45. The van der Waals surface area contributed by atoms with Crippen LogP contribution in [0.5, 0.6) is 0 Å². The van der Waals surface area contributed by atoms with Crippen LogP contribution in [0.4, 0.5) is 0 Å². The van der Waals surface area contributed by atoms with Crippen LogP contribution in [0.1, 0.15) is 72.6 Å². The minimum atomic E-state index is -0.262. The van der Waals surface area contributed by atoms with E-state index in [9.17, 15) is 5.11 Å². The molecule has 0 unspecified atom stereocenters. The van der Waals surface area contributed by atoms with Crippen molar-refractivity contribution in [3.05, 3.63) is 35.5 Å². The molecule has 4 aliphatic rings. The van der Waals surface area contributed by atoms with Gasteiger partial charge in [-0.15, -0.1) is 0 Å². The van der Waals surface area contributed by atoms with Crippen molar-refractivity contribution in [3.8, 4) is 0 Å². The molecule has 0 aliphatic heterocycles. The van der Waals surface area contributed by atoms with Crippen molar-refractivity contribution in [1.29, 1.82) is 0 Å². The maximum atomic E-state index is 10.1. The van der Waals surface area contributed by atoms with Gasteiger partial charge in [-0.25, -0.2) is 0 Å². The van der Waals surface area contributed by atoms with Crippen molar-refractivity contribution in [2.75, 3.05) is 0 Å². The molecule has 138 valence electrons. The molecule has 7 atom stereocenters. The van der Waals surface area contributed by atoms with Gasteiger partial charge >= 0.3 is 0 Å². The molecule has 0 spiro atoms. The number of fused-ring (bicyclic) bond motifs is 5. The summed E-state index contributed by atoms with van der Waals surface area (Å²) in [5, 5.41) is 10.1. The number of aliphatic hydroxyl groups excluding tert-OH is 1. The van der Waals surface area contributed by atoms with E-state index >= 15 is 0 Å². The van der Waals surface area contributed by atoms with E-state index in [4.69, 9.17) is 0 Å². The Balaban J connectivity index is 1.65. The molecule has 0 aromatic carbocycles. The molecule has 0 radical (unpaired) electrons. The number of aliphatic hydroxyl groups is 1. The van der Waals surface area contributed by atoms with Gasteiger partial charge in [0.15, 0.2) is 0 Å². The van der Waals surface area contributed by atoms with E-state index in [1.54, 1.807) is 5.57 Å². The minimum Gasteiger partial charge on any atom is -0.389 e. The molecular formula is C24H36O. The monoisotopic (exact) mass is 340 g/mol. The SMILES string of the molecule is CCC=C(C)[C@H]1CC[C@H]2[C@@H]3CC=C4C[C@@H](O)C=C[C@]4(C)[C@H]3CC[C@]12C. The summed E-state index contributed by atoms with van der Waals surface area (Å²) in [6.45, 7) is 9.72. The maximum Gasteiger partial charge on any atom is 0.0758 e. The molecule has 25 heavy (non-hydrogen) atoms. The average Bonchev–Trinajstić information content (AvgIpc) is 2.93. The molecule has 0 aromatic heterocycles. The highest BCUT2D eigenvalue weighted by Crippen LogP contribution is 2.66. The van der Waals surface area contributed by atoms with Crippen LogP contribution in [-0.2, 0) is 0 Å². The minimum absolute atomic E-state index is 0.204. The highest BCUT2D eigenvalue weighted by molar-refractivity contribution is 5.33. The average molecular weight is 341 g/mol. The summed E-state index contributed by atoms with van der Waals surface area (Å²) < 4.78 is 0. The molecular weight excluding hydrogens is 304 g/mol. The lowest BCUT2D eigenvalue weighted by atomic mass is 9.48. The van der Waals surface area contributed by atoms with E-state index < -0.39 is 0 Å². The molecule has 0 heterocycles. The van der Waals surface area contributed by atoms with Crippen LogP contribution in [-0.4, -0.2) is 11.2 Å².